The lowest BCUT2D eigenvalue weighted by Crippen LogP contribution is -1.96. The monoisotopic (exact) mass is 725 g/mol. The first kappa shape index (κ1) is 31.7. The van der Waals surface area contributed by atoms with Crippen LogP contribution in [-0.2, 0) is 0 Å². The van der Waals surface area contributed by atoms with E-state index in [1.807, 2.05) is 0 Å². The molecule has 9 aromatic carbocycles. The van der Waals surface area contributed by atoms with Crippen LogP contribution in [0.15, 0.2) is 212 Å². The van der Waals surface area contributed by atoms with Crippen LogP contribution < -0.4 is 0 Å². The van der Waals surface area contributed by atoms with E-state index in [4.69, 9.17) is 0 Å². The van der Waals surface area contributed by atoms with Gasteiger partial charge in [-0.05, 0) is 89.0 Å². The van der Waals surface area contributed by atoms with Gasteiger partial charge in [-0.3, -0.25) is 0 Å². The summed E-state index contributed by atoms with van der Waals surface area (Å²) in [7, 11) is 0. The number of aromatic nitrogens is 3. The number of nitrogens with zero attached hydrogens (tertiary/aromatic N) is 3. The van der Waals surface area contributed by atoms with Crippen LogP contribution in [0.1, 0.15) is 0 Å². The fourth-order valence-corrected chi connectivity index (χ4v) is 9.30. The molecule has 0 amide bonds. The molecule has 0 aliphatic carbocycles. The molecule has 0 aliphatic heterocycles. The van der Waals surface area contributed by atoms with Gasteiger partial charge in [0.1, 0.15) is 0 Å². The van der Waals surface area contributed by atoms with Crippen molar-refractivity contribution in [2.75, 3.05) is 0 Å². The molecule has 0 aliphatic rings. The highest BCUT2D eigenvalue weighted by Crippen LogP contribution is 2.42. The van der Waals surface area contributed by atoms with Crippen molar-refractivity contribution < 1.29 is 0 Å². The third-order valence-corrected chi connectivity index (χ3v) is 11.8. The summed E-state index contributed by atoms with van der Waals surface area (Å²) in [5, 5.41) is 7.53. The van der Waals surface area contributed by atoms with Crippen molar-refractivity contribution in [3.8, 4) is 39.3 Å². The van der Waals surface area contributed by atoms with Gasteiger partial charge in [0.15, 0.2) is 0 Å². The average Bonchev–Trinajstić information content (AvgIpc) is 3.92. The first-order valence-electron chi connectivity index (χ1n) is 19.6. The van der Waals surface area contributed by atoms with Gasteiger partial charge < -0.3 is 13.7 Å². The lowest BCUT2D eigenvalue weighted by atomic mass is 10.0. The molecular formula is C54H35N3. The van der Waals surface area contributed by atoms with Crippen molar-refractivity contribution in [2.45, 2.75) is 0 Å². The Kier molecular flexibility index (Phi) is 6.93. The van der Waals surface area contributed by atoms with E-state index in [2.05, 4.69) is 226 Å². The van der Waals surface area contributed by atoms with Crippen molar-refractivity contribution in [1.82, 2.24) is 13.7 Å². The van der Waals surface area contributed by atoms with Crippen LogP contribution in [-0.4, -0.2) is 13.7 Å². The van der Waals surface area contributed by atoms with E-state index in [0.717, 1.165) is 11.4 Å². The molecule has 0 fully saturated rings. The summed E-state index contributed by atoms with van der Waals surface area (Å²) >= 11 is 0. The van der Waals surface area contributed by atoms with Crippen molar-refractivity contribution in [3.63, 3.8) is 0 Å². The van der Waals surface area contributed by atoms with Crippen LogP contribution in [0.25, 0.3) is 105 Å². The summed E-state index contributed by atoms with van der Waals surface area (Å²) < 4.78 is 7.29. The van der Waals surface area contributed by atoms with Gasteiger partial charge >= 0.3 is 0 Å². The molecule has 266 valence electrons. The second-order valence-electron chi connectivity index (χ2n) is 14.9. The number of benzene rings is 9. The minimum Gasteiger partial charge on any atom is -0.309 e. The molecule has 3 heteroatoms. The van der Waals surface area contributed by atoms with Gasteiger partial charge in [-0.15, -0.1) is 0 Å². The van der Waals surface area contributed by atoms with Gasteiger partial charge in [-0.2, -0.15) is 0 Å². The predicted octanol–water partition coefficient (Wildman–Crippen LogP) is 14.3. The molecule has 0 bridgehead atoms. The predicted molar refractivity (Wildman–Crippen MR) is 240 cm³/mol. The molecule has 12 aromatic rings. The summed E-state index contributed by atoms with van der Waals surface area (Å²) in [5.74, 6) is 0. The van der Waals surface area contributed by atoms with E-state index in [1.54, 1.807) is 0 Å². The topological polar surface area (TPSA) is 14.8 Å². The number of para-hydroxylation sites is 4. The Morgan fingerprint density at radius 3 is 1.33 bits per heavy atom. The summed E-state index contributed by atoms with van der Waals surface area (Å²) in [6, 6.07) is 77.3. The molecule has 0 saturated heterocycles. The number of hydrogen-bond acceptors (Lipinski definition) is 0. The normalized spacial score (nSPS) is 11.9. The summed E-state index contributed by atoms with van der Waals surface area (Å²) in [4.78, 5) is 0. The quantitative estimate of drug-likeness (QED) is 0.168. The Morgan fingerprint density at radius 2 is 0.649 bits per heavy atom. The van der Waals surface area contributed by atoms with Crippen LogP contribution >= 0.6 is 0 Å². The average molecular weight is 726 g/mol. The maximum Gasteiger partial charge on any atom is 0.0641 e. The number of rotatable bonds is 5. The highest BCUT2D eigenvalue weighted by atomic mass is 15.0. The van der Waals surface area contributed by atoms with Gasteiger partial charge in [0.25, 0.3) is 0 Å². The van der Waals surface area contributed by atoms with E-state index in [9.17, 15) is 0 Å². The third-order valence-electron chi connectivity index (χ3n) is 11.8. The maximum atomic E-state index is 2.47. The molecule has 0 N–H and O–H groups in total. The lowest BCUT2D eigenvalue weighted by Gasteiger charge is -2.12. The van der Waals surface area contributed by atoms with Crippen LogP contribution in [0.3, 0.4) is 0 Å². The smallest absolute Gasteiger partial charge is 0.0641 e. The number of hydrogen-bond donors (Lipinski definition) is 0. The van der Waals surface area contributed by atoms with Crippen molar-refractivity contribution in [3.05, 3.63) is 212 Å². The SMILES string of the molecule is c1ccc(-c2ccc(-n3c4ccccc4c4c3ccc3c5ccccc5n(-c5ccc(-c6ccc7c8ccccc8n(-c8ccccc8)c7c6)cc5)c34)cc2)cc1. The first-order valence-corrected chi connectivity index (χ1v) is 19.6. The summed E-state index contributed by atoms with van der Waals surface area (Å²) in [6.45, 7) is 0. The molecule has 57 heavy (non-hydrogen) atoms. The van der Waals surface area contributed by atoms with Crippen LogP contribution in [0.2, 0.25) is 0 Å². The molecular weight excluding hydrogens is 691 g/mol. The van der Waals surface area contributed by atoms with E-state index >= 15 is 0 Å². The Bertz CT molecular complexity index is 3470. The molecule has 0 unspecified atom stereocenters. The zero-order valence-corrected chi connectivity index (χ0v) is 31.0. The Balaban J connectivity index is 1.04. The molecule has 3 heterocycles. The van der Waals surface area contributed by atoms with Crippen LogP contribution in [0, 0.1) is 0 Å². The van der Waals surface area contributed by atoms with Crippen LogP contribution in [0.4, 0.5) is 0 Å². The maximum absolute atomic E-state index is 2.47. The molecule has 3 nitrogen and oxygen atoms in total. The van der Waals surface area contributed by atoms with Gasteiger partial charge in [0, 0.05) is 49.4 Å². The highest BCUT2D eigenvalue weighted by Gasteiger charge is 2.21. The molecule has 0 radical (unpaired) electrons. The molecule has 0 saturated carbocycles. The largest absolute Gasteiger partial charge is 0.309 e. The Labute approximate surface area is 329 Å². The van der Waals surface area contributed by atoms with Gasteiger partial charge in [0.05, 0.1) is 33.1 Å². The van der Waals surface area contributed by atoms with E-state index in [-0.39, 0.29) is 0 Å². The second kappa shape index (κ2) is 12.5. The van der Waals surface area contributed by atoms with E-state index in [0.29, 0.717) is 0 Å². The standard InChI is InChI=1S/C54H35N3/c1-3-13-36(14-4-1)37-23-28-41(29-24-37)55-50-22-12-9-19-47(50)53-51(55)34-33-46-44-18-8-11-21-49(44)57(54(46)53)42-30-25-38(26-31-42)39-27-32-45-43-17-7-10-20-48(43)56(52(45)35-39)40-15-5-2-6-16-40/h1-35H. The fraction of sp³-hybridized carbons (Fsp3) is 0. The lowest BCUT2D eigenvalue weighted by molar-refractivity contribution is 1.17. The van der Waals surface area contributed by atoms with E-state index in [1.165, 1.54) is 93.4 Å². The summed E-state index contributed by atoms with van der Waals surface area (Å²) in [5.41, 5.74) is 15.5. The van der Waals surface area contributed by atoms with E-state index < -0.39 is 0 Å². The summed E-state index contributed by atoms with van der Waals surface area (Å²) in [6.07, 6.45) is 0. The Hall–Kier alpha value is -7.62. The zero-order valence-electron chi connectivity index (χ0n) is 31.0. The number of fused-ring (bicyclic) bond motifs is 10. The molecule has 3 aromatic heterocycles. The highest BCUT2D eigenvalue weighted by molar-refractivity contribution is 6.26. The Morgan fingerprint density at radius 1 is 0.228 bits per heavy atom. The second-order valence-corrected chi connectivity index (χ2v) is 14.9. The van der Waals surface area contributed by atoms with Crippen LogP contribution in [0.5, 0.6) is 0 Å². The van der Waals surface area contributed by atoms with Crippen molar-refractivity contribution in [2.24, 2.45) is 0 Å². The van der Waals surface area contributed by atoms with Gasteiger partial charge in [-0.25, -0.2) is 0 Å². The zero-order chi connectivity index (χ0) is 37.5. The first-order chi connectivity index (χ1) is 28.3. The van der Waals surface area contributed by atoms with Gasteiger partial charge in [-0.1, -0.05) is 146 Å². The van der Waals surface area contributed by atoms with Crippen molar-refractivity contribution in [1.29, 1.82) is 0 Å². The van der Waals surface area contributed by atoms with Gasteiger partial charge in [0.2, 0.25) is 0 Å². The minimum atomic E-state index is 1.14. The third kappa shape index (κ3) is 4.79. The molecule has 0 spiro atoms. The molecule has 12 rings (SSSR count). The fourth-order valence-electron chi connectivity index (χ4n) is 9.30. The van der Waals surface area contributed by atoms with Crippen molar-refractivity contribution >= 4 is 65.4 Å². The minimum absolute atomic E-state index is 1.14. The molecule has 0 atom stereocenters.